The average Bonchev–Trinajstić information content (AvgIpc) is 3.23. The molecule has 1 saturated heterocycles. The summed E-state index contributed by atoms with van der Waals surface area (Å²) >= 11 is 1.10. The predicted octanol–water partition coefficient (Wildman–Crippen LogP) is 2.05. The van der Waals surface area contributed by atoms with E-state index < -0.39 is 6.03 Å². The number of imide groups is 1. The smallest absolute Gasteiger partial charge is 0.324 e. The molecule has 3 aromatic rings. The van der Waals surface area contributed by atoms with Gasteiger partial charge in [0, 0.05) is 19.2 Å². The summed E-state index contributed by atoms with van der Waals surface area (Å²) in [6, 6.07) is 11.7. The van der Waals surface area contributed by atoms with E-state index in [9.17, 15) is 14.4 Å². The summed E-state index contributed by atoms with van der Waals surface area (Å²) in [6.07, 6.45) is 0. The van der Waals surface area contributed by atoms with Crippen LogP contribution in [0.15, 0.2) is 52.4 Å². The number of fused-ring (bicyclic) bond motifs is 1. The summed E-state index contributed by atoms with van der Waals surface area (Å²) in [7, 11) is 3.04. The van der Waals surface area contributed by atoms with E-state index in [2.05, 4.69) is 10.3 Å². The van der Waals surface area contributed by atoms with E-state index in [1.54, 1.807) is 42.5 Å². The van der Waals surface area contributed by atoms with Crippen LogP contribution >= 0.6 is 11.8 Å². The highest BCUT2D eigenvalue weighted by molar-refractivity contribution is 7.99. The molecule has 0 saturated carbocycles. The molecule has 1 fully saturated rings. The van der Waals surface area contributed by atoms with Crippen LogP contribution in [0.4, 0.5) is 4.79 Å². The Kier molecular flexibility index (Phi) is 5.81. The van der Waals surface area contributed by atoms with Gasteiger partial charge in [-0.15, -0.1) is 0 Å². The van der Waals surface area contributed by atoms with Gasteiger partial charge in [0.05, 0.1) is 36.6 Å². The number of aromatic nitrogens is 2. The van der Waals surface area contributed by atoms with Crippen molar-refractivity contribution in [2.75, 3.05) is 33.1 Å². The average molecular weight is 440 g/mol. The standard InChI is InChI=1S/C21H20N4O5S/c1-29-16-8-7-13(11-17(16)30-2)25-19(27)14-5-3-4-6-15(14)23-21(25)31-12-18(26)24-10-9-22-20(24)28/h3-8,11H,9-10,12H2,1-2H3,(H,22,28). The molecular weight excluding hydrogens is 420 g/mol. The van der Waals surface area contributed by atoms with Gasteiger partial charge in [-0.3, -0.25) is 19.1 Å². The summed E-state index contributed by atoms with van der Waals surface area (Å²) in [4.78, 5) is 43.4. The summed E-state index contributed by atoms with van der Waals surface area (Å²) in [5.41, 5.74) is 0.777. The molecule has 1 aliphatic rings. The molecule has 1 aromatic heterocycles. The topological polar surface area (TPSA) is 103 Å². The minimum atomic E-state index is -0.408. The third-order valence-corrected chi connectivity index (χ3v) is 5.78. The van der Waals surface area contributed by atoms with Gasteiger partial charge in [0.2, 0.25) is 5.91 Å². The van der Waals surface area contributed by atoms with Crippen LogP contribution in [0.25, 0.3) is 16.6 Å². The zero-order chi connectivity index (χ0) is 22.0. The zero-order valence-electron chi connectivity index (χ0n) is 17.0. The number of ether oxygens (including phenoxy) is 2. The molecule has 0 spiro atoms. The number of carbonyl (C=O) groups excluding carboxylic acids is 2. The third kappa shape index (κ3) is 3.93. The van der Waals surface area contributed by atoms with Crippen molar-refractivity contribution in [2.45, 2.75) is 5.16 Å². The monoisotopic (exact) mass is 440 g/mol. The van der Waals surface area contributed by atoms with Crippen molar-refractivity contribution in [3.63, 3.8) is 0 Å². The van der Waals surface area contributed by atoms with E-state index >= 15 is 0 Å². The molecule has 1 N–H and O–H groups in total. The number of para-hydroxylation sites is 1. The van der Waals surface area contributed by atoms with Crippen LogP contribution in [0.5, 0.6) is 11.5 Å². The van der Waals surface area contributed by atoms with Gasteiger partial charge in [-0.05, 0) is 24.3 Å². The molecule has 0 aliphatic carbocycles. The predicted molar refractivity (Wildman–Crippen MR) is 116 cm³/mol. The number of methoxy groups -OCH3 is 2. The Morgan fingerprint density at radius 3 is 2.61 bits per heavy atom. The Hall–Kier alpha value is -3.53. The normalized spacial score (nSPS) is 13.4. The lowest BCUT2D eigenvalue weighted by Gasteiger charge is -2.16. The minimum absolute atomic E-state index is 0.0362. The van der Waals surface area contributed by atoms with Crippen LogP contribution in [0, 0.1) is 0 Å². The maximum Gasteiger partial charge on any atom is 0.324 e. The van der Waals surface area contributed by atoms with Gasteiger partial charge in [0.15, 0.2) is 16.7 Å². The van der Waals surface area contributed by atoms with Crippen LogP contribution in [-0.2, 0) is 4.79 Å². The van der Waals surface area contributed by atoms with Crippen molar-refractivity contribution in [3.8, 4) is 17.2 Å². The molecule has 2 aromatic carbocycles. The summed E-state index contributed by atoms with van der Waals surface area (Å²) in [6.45, 7) is 0.756. The van der Waals surface area contributed by atoms with Crippen molar-refractivity contribution in [1.29, 1.82) is 0 Å². The molecule has 0 bridgehead atoms. The zero-order valence-corrected chi connectivity index (χ0v) is 17.8. The largest absolute Gasteiger partial charge is 0.493 e. The second-order valence-corrected chi connectivity index (χ2v) is 7.60. The first kappa shape index (κ1) is 20.7. The molecular formula is C21H20N4O5S. The fourth-order valence-electron chi connectivity index (χ4n) is 3.31. The number of rotatable bonds is 6. The highest BCUT2D eigenvalue weighted by Crippen LogP contribution is 2.30. The second-order valence-electron chi connectivity index (χ2n) is 6.66. The number of urea groups is 1. The highest BCUT2D eigenvalue weighted by atomic mass is 32.2. The summed E-state index contributed by atoms with van der Waals surface area (Å²) in [5.74, 6) is 0.602. The maximum absolute atomic E-state index is 13.3. The molecule has 4 rings (SSSR count). The fourth-order valence-corrected chi connectivity index (χ4v) is 4.20. The van der Waals surface area contributed by atoms with Crippen molar-refractivity contribution in [3.05, 3.63) is 52.8 Å². The molecule has 1 aliphatic heterocycles. The van der Waals surface area contributed by atoms with E-state index in [4.69, 9.17) is 9.47 Å². The van der Waals surface area contributed by atoms with E-state index in [-0.39, 0.29) is 17.2 Å². The van der Waals surface area contributed by atoms with Crippen LogP contribution < -0.4 is 20.3 Å². The highest BCUT2D eigenvalue weighted by Gasteiger charge is 2.26. The quantitative estimate of drug-likeness (QED) is 0.462. The van der Waals surface area contributed by atoms with Crippen molar-refractivity contribution >= 4 is 34.6 Å². The van der Waals surface area contributed by atoms with E-state index in [1.807, 2.05) is 0 Å². The first-order valence-corrected chi connectivity index (χ1v) is 10.5. The fraction of sp³-hybridized carbons (Fsp3) is 0.238. The van der Waals surface area contributed by atoms with Gasteiger partial charge in [-0.25, -0.2) is 9.78 Å². The molecule has 31 heavy (non-hydrogen) atoms. The Labute approximate surface area is 182 Å². The number of hydrogen-bond donors (Lipinski definition) is 1. The lowest BCUT2D eigenvalue weighted by molar-refractivity contribution is -0.124. The first-order valence-electron chi connectivity index (χ1n) is 9.48. The van der Waals surface area contributed by atoms with Gasteiger partial charge in [0.1, 0.15) is 0 Å². The lowest BCUT2D eigenvalue weighted by Crippen LogP contribution is -2.35. The SMILES string of the molecule is COc1ccc(-n2c(SCC(=O)N3CCNC3=O)nc3ccccc3c2=O)cc1OC. The lowest BCUT2D eigenvalue weighted by atomic mass is 10.2. The van der Waals surface area contributed by atoms with Crippen LogP contribution in [0.2, 0.25) is 0 Å². The Morgan fingerprint density at radius 2 is 1.90 bits per heavy atom. The van der Waals surface area contributed by atoms with Crippen molar-refractivity contribution < 1.29 is 19.1 Å². The molecule has 0 radical (unpaired) electrons. The minimum Gasteiger partial charge on any atom is -0.493 e. The molecule has 160 valence electrons. The number of nitrogens with zero attached hydrogens (tertiary/aromatic N) is 3. The number of amides is 3. The number of hydrogen-bond acceptors (Lipinski definition) is 7. The molecule has 10 heteroatoms. The number of thioether (sulfide) groups is 1. The number of benzene rings is 2. The van der Waals surface area contributed by atoms with Crippen LogP contribution in [0.1, 0.15) is 0 Å². The van der Waals surface area contributed by atoms with Crippen LogP contribution in [-0.4, -0.2) is 59.5 Å². The second kappa shape index (κ2) is 8.68. The third-order valence-electron chi connectivity index (χ3n) is 4.85. The van der Waals surface area contributed by atoms with Crippen LogP contribution in [0.3, 0.4) is 0 Å². The molecule has 0 atom stereocenters. The van der Waals surface area contributed by atoms with E-state index in [1.165, 1.54) is 18.8 Å². The molecule has 2 heterocycles. The Bertz CT molecular complexity index is 1230. The maximum atomic E-state index is 13.3. The van der Waals surface area contributed by atoms with Crippen molar-refractivity contribution in [1.82, 2.24) is 19.8 Å². The van der Waals surface area contributed by atoms with Gasteiger partial charge in [-0.2, -0.15) is 0 Å². The number of carbonyl (C=O) groups is 2. The molecule has 0 unspecified atom stereocenters. The molecule has 3 amide bonds. The molecule has 9 nitrogen and oxygen atoms in total. The van der Waals surface area contributed by atoms with Gasteiger partial charge < -0.3 is 14.8 Å². The first-order chi connectivity index (χ1) is 15.0. The Morgan fingerprint density at radius 1 is 1.13 bits per heavy atom. The van der Waals surface area contributed by atoms with E-state index in [0.29, 0.717) is 46.3 Å². The summed E-state index contributed by atoms with van der Waals surface area (Å²) < 4.78 is 12.1. The van der Waals surface area contributed by atoms with Gasteiger partial charge in [0.25, 0.3) is 5.56 Å². The van der Waals surface area contributed by atoms with Gasteiger partial charge >= 0.3 is 6.03 Å². The van der Waals surface area contributed by atoms with Gasteiger partial charge in [-0.1, -0.05) is 23.9 Å². The van der Waals surface area contributed by atoms with E-state index in [0.717, 1.165) is 16.7 Å². The number of nitrogens with one attached hydrogen (secondary N) is 1. The van der Waals surface area contributed by atoms with Crippen molar-refractivity contribution in [2.24, 2.45) is 0 Å². The summed E-state index contributed by atoms with van der Waals surface area (Å²) in [5, 5.41) is 3.39. The Balaban J connectivity index is 1.78.